The first-order valence-electron chi connectivity index (χ1n) is 10.2. The Morgan fingerprint density at radius 1 is 1.25 bits per heavy atom. The molecule has 1 fully saturated rings. The zero-order valence-corrected chi connectivity index (χ0v) is 18.8. The maximum Gasteiger partial charge on any atom is 0.413 e. The summed E-state index contributed by atoms with van der Waals surface area (Å²) < 4.78 is 40.1. The summed E-state index contributed by atoms with van der Waals surface area (Å²) in [6.45, 7) is 6.42. The number of carbonyl (C=O) groups is 1. The summed E-state index contributed by atoms with van der Waals surface area (Å²) in [5.74, 6) is -1.49. The summed E-state index contributed by atoms with van der Waals surface area (Å²) in [7, 11) is 0. The Morgan fingerprint density at radius 2 is 2.00 bits per heavy atom. The Labute approximate surface area is 189 Å². The van der Waals surface area contributed by atoms with Crippen LogP contribution in [0.4, 0.5) is 13.6 Å². The maximum atomic E-state index is 15.2. The largest absolute Gasteiger partial charge is 0.444 e. The highest BCUT2D eigenvalue weighted by molar-refractivity contribution is 8.14. The first kappa shape index (κ1) is 22.6. The summed E-state index contributed by atoms with van der Waals surface area (Å²) >= 11 is 1.26. The Balaban J connectivity index is 1.72. The van der Waals surface area contributed by atoms with E-state index < -0.39 is 28.1 Å². The Hall–Kier alpha value is -2.59. The molecule has 1 aromatic carbocycles. The van der Waals surface area contributed by atoms with Gasteiger partial charge in [-0.3, -0.25) is 10.3 Å². The van der Waals surface area contributed by atoms with Crippen LogP contribution in [0, 0.1) is 17.6 Å². The lowest BCUT2D eigenvalue weighted by molar-refractivity contribution is 0.0317. The molecule has 170 valence electrons. The molecular formula is C22H24F2N4O3S. The molecule has 0 aliphatic carbocycles. The molecule has 0 spiro atoms. The van der Waals surface area contributed by atoms with Crippen LogP contribution in [0.25, 0.3) is 11.1 Å². The molecule has 3 heterocycles. The summed E-state index contributed by atoms with van der Waals surface area (Å²) in [6.07, 6.45) is 4.16. The number of amides is 1. The van der Waals surface area contributed by atoms with Crippen LogP contribution in [0.15, 0.2) is 35.8 Å². The number of ether oxygens (including phenoxy) is 2. The van der Waals surface area contributed by atoms with Crippen molar-refractivity contribution in [2.45, 2.75) is 37.5 Å². The molecule has 1 amide bonds. The van der Waals surface area contributed by atoms with E-state index in [1.54, 1.807) is 20.8 Å². The van der Waals surface area contributed by atoms with Gasteiger partial charge in [-0.2, -0.15) is 0 Å². The van der Waals surface area contributed by atoms with Crippen LogP contribution in [-0.2, 0) is 14.2 Å². The number of halogens is 2. The van der Waals surface area contributed by atoms with Gasteiger partial charge in [0.05, 0.1) is 11.4 Å². The maximum absolute atomic E-state index is 15.2. The molecule has 32 heavy (non-hydrogen) atoms. The fraction of sp³-hybridized carbons (Fsp3) is 0.455. The fourth-order valence-electron chi connectivity index (χ4n) is 3.92. The minimum atomic E-state index is -0.785. The molecule has 0 saturated carbocycles. The van der Waals surface area contributed by atoms with Gasteiger partial charge >= 0.3 is 6.09 Å². The third kappa shape index (κ3) is 4.61. The minimum Gasteiger partial charge on any atom is -0.444 e. The van der Waals surface area contributed by atoms with Gasteiger partial charge in [-0.1, -0.05) is 11.8 Å². The standard InChI is InChI=1S/C22H24F2N4O3S/c1-21(2,3)31-20(29)28-19-27-10-14-11-30-5-4-22(14,32-19)16-6-15(17(23)7-18(16)24)13-8-25-12-26-9-13/h6-9,12,14H,4-5,10-11H2,1-3H3,(H,27,28,29)/t14?,22-/m0/s1. The molecule has 1 unspecified atom stereocenters. The zero-order chi connectivity index (χ0) is 22.9. The Morgan fingerprint density at radius 3 is 2.72 bits per heavy atom. The van der Waals surface area contributed by atoms with Gasteiger partial charge in [-0.05, 0) is 33.3 Å². The molecule has 1 aromatic heterocycles. The summed E-state index contributed by atoms with van der Waals surface area (Å²) in [6, 6.07) is 2.41. The number of nitrogens with one attached hydrogen (secondary N) is 1. The molecule has 2 aromatic rings. The zero-order valence-electron chi connectivity index (χ0n) is 18.0. The van der Waals surface area contributed by atoms with Crippen molar-refractivity contribution in [2.75, 3.05) is 19.8 Å². The van der Waals surface area contributed by atoms with Crippen molar-refractivity contribution in [1.29, 1.82) is 0 Å². The normalized spacial score (nSPS) is 23.2. The second-order valence-electron chi connectivity index (χ2n) is 8.73. The summed E-state index contributed by atoms with van der Waals surface area (Å²) in [4.78, 5) is 24.6. The van der Waals surface area contributed by atoms with Crippen molar-refractivity contribution in [2.24, 2.45) is 10.9 Å². The molecular weight excluding hydrogens is 438 g/mol. The predicted molar refractivity (Wildman–Crippen MR) is 117 cm³/mol. The van der Waals surface area contributed by atoms with Crippen molar-refractivity contribution in [3.8, 4) is 11.1 Å². The number of hydrogen-bond acceptors (Lipinski definition) is 7. The van der Waals surface area contributed by atoms with Gasteiger partial charge in [0.2, 0.25) is 0 Å². The molecule has 7 nitrogen and oxygen atoms in total. The van der Waals surface area contributed by atoms with Crippen molar-refractivity contribution < 1.29 is 23.0 Å². The van der Waals surface area contributed by atoms with Gasteiger partial charge in [0, 0.05) is 54.2 Å². The second kappa shape index (κ2) is 8.74. The SMILES string of the molecule is CC(C)(C)OC(=O)NC1=NCC2COCC[C@]2(c2cc(-c3cncnc3)c(F)cc2F)S1. The third-order valence-corrected chi connectivity index (χ3v) is 6.87. The number of aliphatic imine (C=N–C) groups is 1. The van der Waals surface area contributed by atoms with Crippen LogP contribution in [0.2, 0.25) is 0 Å². The number of thioether (sulfide) groups is 1. The number of carbonyl (C=O) groups excluding carboxylic acids is 1. The summed E-state index contributed by atoms with van der Waals surface area (Å²) in [5, 5.41) is 3.01. The van der Waals surface area contributed by atoms with Crippen molar-refractivity contribution in [1.82, 2.24) is 15.3 Å². The van der Waals surface area contributed by atoms with Gasteiger partial charge in [0.25, 0.3) is 0 Å². The van der Waals surface area contributed by atoms with Gasteiger partial charge in [0.1, 0.15) is 23.6 Å². The van der Waals surface area contributed by atoms with Crippen LogP contribution in [0.3, 0.4) is 0 Å². The molecule has 10 heteroatoms. The summed E-state index contributed by atoms with van der Waals surface area (Å²) in [5.41, 5.74) is 0.340. The quantitative estimate of drug-likeness (QED) is 0.717. The number of benzene rings is 1. The average Bonchev–Trinajstić information content (AvgIpc) is 2.72. The van der Waals surface area contributed by atoms with E-state index in [4.69, 9.17) is 9.47 Å². The molecule has 0 radical (unpaired) electrons. The van der Waals surface area contributed by atoms with E-state index in [9.17, 15) is 9.18 Å². The molecule has 2 atom stereocenters. The van der Waals surface area contributed by atoms with E-state index in [0.29, 0.717) is 42.5 Å². The lowest BCUT2D eigenvalue weighted by atomic mass is 9.80. The van der Waals surface area contributed by atoms with Gasteiger partial charge in [0.15, 0.2) is 5.17 Å². The van der Waals surface area contributed by atoms with Crippen LogP contribution in [0.5, 0.6) is 0 Å². The average molecular weight is 463 g/mol. The number of hydrogen-bond donors (Lipinski definition) is 1. The first-order valence-corrected chi connectivity index (χ1v) is 11.1. The number of amidine groups is 1. The lowest BCUT2D eigenvalue weighted by Gasteiger charge is -2.45. The highest BCUT2D eigenvalue weighted by Gasteiger charge is 2.49. The third-order valence-electron chi connectivity index (χ3n) is 5.32. The van der Waals surface area contributed by atoms with Crippen LogP contribution < -0.4 is 5.32 Å². The van der Waals surface area contributed by atoms with Gasteiger partial charge < -0.3 is 9.47 Å². The number of nitrogens with zero attached hydrogens (tertiary/aromatic N) is 3. The van der Waals surface area contributed by atoms with E-state index >= 15 is 4.39 Å². The van der Waals surface area contributed by atoms with E-state index in [2.05, 4.69) is 20.3 Å². The fourth-order valence-corrected chi connectivity index (χ4v) is 5.30. The highest BCUT2D eigenvalue weighted by Crippen LogP contribution is 2.52. The van der Waals surface area contributed by atoms with Crippen LogP contribution >= 0.6 is 11.8 Å². The number of rotatable bonds is 2. The van der Waals surface area contributed by atoms with Gasteiger partial charge in [-0.15, -0.1) is 0 Å². The van der Waals surface area contributed by atoms with Crippen molar-refractivity contribution >= 4 is 23.0 Å². The molecule has 0 bridgehead atoms. The number of alkyl carbamates (subject to hydrolysis) is 1. The molecule has 2 aliphatic heterocycles. The smallest absolute Gasteiger partial charge is 0.413 e. The predicted octanol–water partition coefficient (Wildman–Crippen LogP) is 4.28. The molecule has 1 N–H and O–H groups in total. The number of fused-ring (bicyclic) bond motifs is 1. The molecule has 2 aliphatic rings. The monoisotopic (exact) mass is 462 g/mol. The topological polar surface area (TPSA) is 85.7 Å². The minimum absolute atomic E-state index is 0.148. The first-order chi connectivity index (χ1) is 15.2. The van der Waals surface area contributed by atoms with Crippen molar-refractivity contribution in [3.63, 3.8) is 0 Å². The van der Waals surface area contributed by atoms with Crippen molar-refractivity contribution in [3.05, 3.63) is 48.1 Å². The molecule has 1 saturated heterocycles. The van der Waals surface area contributed by atoms with E-state index in [0.717, 1.165) is 6.07 Å². The van der Waals surface area contributed by atoms with E-state index in [1.165, 1.54) is 36.5 Å². The van der Waals surface area contributed by atoms with Crippen LogP contribution in [-0.4, -0.2) is 46.6 Å². The molecule has 4 rings (SSSR count). The van der Waals surface area contributed by atoms with E-state index in [-0.39, 0.29) is 11.5 Å². The highest BCUT2D eigenvalue weighted by atomic mass is 32.2. The Bertz CT molecular complexity index is 1050. The Kier molecular flexibility index (Phi) is 6.17. The number of aromatic nitrogens is 2. The van der Waals surface area contributed by atoms with Crippen LogP contribution in [0.1, 0.15) is 32.8 Å². The van der Waals surface area contributed by atoms with Gasteiger partial charge in [-0.25, -0.2) is 23.5 Å². The lowest BCUT2D eigenvalue weighted by Crippen LogP contribution is -2.48. The van der Waals surface area contributed by atoms with E-state index in [1.807, 2.05) is 0 Å². The second-order valence-corrected chi connectivity index (χ2v) is 10.0.